The number of carbonyl (C=O) groups is 1. The first-order valence-electron chi connectivity index (χ1n) is 7.27. The molecule has 0 unspecified atom stereocenters. The molecule has 0 bridgehead atoms. The SMILES string of the molecule is COc1cccc(CCNC(=O)N/C=C/c2ccccc2F)c1. The van der Waals surface area contributed by atoms with E-state index in [0.717, 1.165) is 11.3 Å². The van der Waals surface area contributed by atoms with E-state index in [2.05, 4.69) is 10.6 Å². The molecule has 0 atom stereocenters. The van der Waals surface area contributed by atoms with Gasteiger partial charge in [-0.2, -0.15) is 0 Å². The van der Waals surface area contributed by atoms with Crippen LogP contribution < -0.4 is 15.4 Å². The molecule has 5 heteroatoms. The quantitative estimate of drug-likeness (QED) is 0.859. The zero-order chi connectivity index (χ0) is 16.5. The van der Waals surface area contributed by atoms with Gasteiger partial charge in [-0.3, -0.25) is 0 Å². The van der Waals surface area contributed by atoms with Gasteiger partial charge in [-0.25, -0.2) is 9.18 Å². The third-order valence-electron chi connectivity index (χ3n) is 3.22. The molecule has 120 valence electrons. The highest BCUT2D eigenvalue weighted by Crippen LogP contribution is 2.12. The Morgan fingerprint density at radius 2 is 2.04 bits per heavy atom. The number of nitrogens with one attached hydrogen (secondary N) is 2. The van der Waals surface area contributed by atoms with Crippen molar-refractivity contribution in [1.29, 1.82) is 0 Å². The van der Waals surface area contributed by atoms with E-state index in [4.69, 9.17) is 4.74 Å². The molecule has 0 saturated heterocycles. The molecule has 0 aromatic heterocycles. The number of ether oxygens (including phenoxy) is 1. The van der Waals surface area contributed by atoms with Gasteiger partial charge in [0.2, 0.25) is 0 Å². The minimum absolute atomic E-state index is 0.330. The van der Waals surface area contributed by atoms with Crippen LogP contribution in [0.2, 0.25) is 0 Å². The minimum atomic E-state index is -0.333. The monoisotopic (exact) mass is 314 g/mol. The second-order valence-electron chi connectivity index (χ2n) is 4.86. The van der Waals surface area contributed by atoms with E-state index in [1.54, 1.807) is 25.3 Å². The molecule has 2 aromatic rings. The number of amides is 2. The van der Waals surface area contributed by atoms with Crippen LogP contribution in [0.5, 0.6) is 5.75 Å². The van der Waals surface area contributed by atoms with Crippen molar-refractivity contribution < 1.29 is 13.9 Å². The summed E-state index contributed by atoms with van der Waals surface area (Å²) in [4.78, 5) is 11.6. The molecule has 0 aliphatic carbocycles. The molecule has 23 heavy (non-hydrogen) atoms. The highest BCUT2D eigenvalue weighted by atomic mass is 19.1. The topological polar surface area (TPSA) is 50.4 Å². The van der Waals surface area contributed by atoms with Crippen LogP contribution in [-0.4, -0.2) is 19.7 Å². The molecule has 4 nitrogen and oxygen atoms in total. The summed E-state index contributed by atoms with van der Waals surface area (Å²) < 4.78 is 18.5. The Labute approximate surface area is 135 Å². The summed E-state index contributed by atoms with van der Waals surface area (Å²) in [5, 5.41) is 5.28. The normalized spacial score (nSPS) is 10.5. The summed E-state index contributed by atoms with van der Waals surface area (Å²) in [5.41, 5.74) is 1.50. The molecule has 2 rings (SSSR count). The van der Waals surface area contributed by atoms with E-state index in [1.165, 1.54) is 18.3 Å². The molecule has 0 saturated carbocycles. The lowest BCUT2D eigenvalue weighted by atomic mass is 10.1. The van der Waals surface area contributed by atoms with E-state index < -0.39 is 0 Å². The fourth-order valence-corrected chi connectivity index (χ4v) is 2.02. The van der Waals surface area contributed by atoms with E-state index in [-0.39, 0.29) is 11.8 Å². The average molecular weight is 314 g/mol. The summed E-state index contributed by atoms with van der Waals surface area (Å²) in [5.74, 6) is 0.462. The highest BCUT2D eigenvalue weighted by Gasteiger charge is 2.00. The smallest absolute Gasteiger partial charge is 0.318 e. The van der Waals surface area contributed by atoms with Crippen molar-refractivity contribution in [2.75, 3.05) is 13.7 Å². The Hall–Kier alpha value is -2.82. The van der Waals surface area contributed by atoms with Gasteiger partial charge in [-0.15, -0.1) is 0 Å². The largest absolute Gasteiger partial charge is 0.497 e. The third-order valence-corrected chi connectivity index (χ3v) is 3.22. The number of hydrogen-bond acceptors (Lipinski definition) is 2. The molecule has 0 fully saturated rings. The first-order chi connectivity index (χ1) is 11.2. The van der Waals surface area contributed by atoms with Crippen molar-refractivity contribution in [2.24, 2.45) is 0 Å². The van der Waals surface area contributed by atoms with E-state index in [1.807, 2.05) is 24.3 Å². The zero-order valence-electron chi connectivity index (χ0n) is 12.9. The summed E-state index contributed by atoms with van der Waals surface area (Å²) in [6.07, 6.45) is 3.62. The van der Waals surface area contributed by atoms with Crippen LogP contribution in [0.4, 0.5) is 9.18 Å². The van der Waals surface area contributed by atoms with Gasteiger partial charge in [-0.05, 0) is 36.3 Å². The number of halogens is 1. The van der Waals surface area contributed by atoms with Gasteiger partial charge in [0.1, 0.15) is 11.6 Å². The number of methoxy groups -OCH3 is 1. The van der Waals surface area contributed by atoms with Gasteiger partial charge in [0, 0.05) is 18.3 Å². The predicted molar refractivity (Wildman–Crippen MR) is 88.7 cm³/mol. The first kappa shape index (κ1) is 16.5. The molecule has 0 radical (unpaired) electrons. The van der Waals surface area contributed by atoms with Gasteiger partial charge in [0.15, 0.2) is 0 Å². The van der Waals surface area contributed by atoms with Crippen molar-refractivity contribution in [1.82, 2.24) is 10.6 Å². The van der Waals surface area contributed by atoms with Crippen molar-refractivity contribution in [2.45, 2.75) is 6.42 Å². The number of hydrogen-bond donors (Lipinski definition) is 2. The molecule has 2 aromatic carbocycles. The summed E-state index contributed by atoms with van der Waals surface area (Å²) >= 11 is 0. The van der Waals surface area contributed by atoms with Crippen molar-refractivity contribution in [3.05, 3.63) is 71.7 Å². The number of benzene rings is 2. The van der Waals surface area contributed by atoms with Crippen LogP contribution in [-0.2, 0) is 6.42 Å². The Kier molecular flexibility index (Phi) is 6.17. The Morgan fingerprint density at radius 1 is 1.22 bits per heavy atom. The molecular weight excluding hydrogens is 295 g/mol. The van der Waals surface area contributed by atoms with Gasteiger partial charge in [0.05, 0.1) is 7.11 Å². The molecule has 0 heterocycles. The average Bonchev–Trinajstić information content (AvgIpc) is 2.57. The molecule has 2 amide bonds. The second kappa shape index (κ2) is 8.58. The standard InChI is InChI=1S/C18H19FN2O2/c1-23-16-7-4-5-14(13-16)9-11-20-18(22)21-12-10-15-6-2-3-8-17(15)19/h2-8,10,12-13H,9,11H2,1H3,(H2,20,21,22)/b12-10+. The maximum atomic E-state index is 13.4. The lowest BCUT2D eigenvalue weighted by Crippen LogP contribution is -2.33. The number of carbonyl (C=O) groups excluding carboxylic acids is 1. The lowest BCUT2D eigenvalue weighted by Gasteiger charge is -2.06. The van der Waals surface area contributed by atoms with Crippen LogP contribution >= 0.6 is 0 Å². The van der Waals surface area contributed by atoms with Crippen LogP contribution in [0.1, 0.15) is 11.1 Å². The third kappa shape index (κ3) is 5.47. The maximum absolute atomic E-state index is 13.4. The molecule has 2 N–H and O–H groups in total. The van der Waals surface area contributed by atoms with Crippen molar-refractivity contribution in [3.8, 4) is 5.75 Å². The van der Waals surface area contributed by atoms with Crippen molar-refractivity contribution in [3.63, 3.8) is 0 Å². The molecule has 0 aliphatic rings. The van der Waals surface area contributed by atoms with Crippen LogP contribution in [0, 0.1) is 5.82 Å². The highest BCUT2D eigenvalue weighted by molar-refractivity contribution is 5.75. The molecular formula is C18H19FN2O2. The van der Waals surface area contributed by atoms with E-state index in [0.29, 0.717) is 18.5 Å². The maximum Gasteiger partial charge on any atom is 0.318 e. The van der Waals surface area contributed by atoms with Gasteiger partial charge >= 0.3 is 6.03 Å². The first-order valence-corrected chi connectivity index (χ1v) is 7.27. The van der Waals surface area contributed by atoms with Gasteiger partial charge in [-0.1, -0.05) is 30.3 Å². The minimum Gasteiger partial charge on any atom is -0.497 e. The van der Waals surface area contributed by atoms with Gasteiger partial charge < -0.3 is 15.4 Å². The van der Waals surface area contributed by atoms with E-state index in [9.17, 15) is 9.18 Å². The fraction of sp³-hybridized carbons (Fsp3) is 0.167. The summed E-state index contributed by atoms with van der Waals surface area (Å²) in [7, 11) is 1.62. The van der Waals surface area contributed by atoms with E-state index >= 15 is 0 Å². The molecule has 0 aliphatic heterocycles. The van der Waals surface area contributed by atoms with Gasteiger partial charge in [0.25, 0.3) is 0 Å². The number of urea groups is 1. The summed E-state index contributed by atoms with van der Waals surface area (Å²) in [6.45, 7) is 0.493. The van der Waals surface area contributed by atoms with Crippen LogP contribution in [0.15, 0.2) is 54.7 Å². The molecule has 0 spiro atoms. The Balaban J connectivity index is 1.74. The zero-order valence-corrected chi connectivity index (χ0v) is 12.9. The van der Waals surface area contributed by atoms with Crippen LogP contribution in [0.3, 0.4) is 0 Å². The Bertz CT molecular complexity index is 686. The van der Waals surface area contributed by atoms with Crippen LogP contribution in [0.25, 0.3) is 6.08 Å². The fourth-order valence-electron chi connectivity index (χ4n) is 2.02. The lowest BCUT2D eigenvalue weighted by molar-refractivity contribution is 0.244. The van der Waals surface area contributed by atoms with Crippen molar-refractivity contribution >= 4 is 12.1 Å². The second-order valence-corrected chi connectivity index (χ2v) is 4.86. The Morgan fingerprint density at radius 3 is 2.83 bits per heavy atom. The predicted octanol–water partition coefficient (Wildman–Crippen LogP) is 3.35. The summed E-state index contributed by atoms with van der Waals surface area (Å²) in [6, 6.07) is 13.7. The number of rotatable bonds is 6.